The second-order valence-corrected chi connectivity index (χ2v) is 5.48. The van der Waals surface area contributed by atoms with Gasteiger partial charge in [-0.3, -0.25) is 4.21 Å². The van der Waals surface area contributed by atoms with Gasteiger partial charge in [0.25, 0.3) is 0 Å². The number of carboxylic acids is 1. The van der Waals surface area contributed by atoms with Gasteiger partial charge in [-0.1, -0.05) is 6.07 Å². The zero-order valence-corrected chi connectivity index (χ0v) is 10.1. The van der Waals surface area contributed by atoms with Gasteiger partial charge in [0.2, 0.25) is 0 Å². The Labute approximate surface area is 102 Å². The Morgan fingerprint density at radius 3 is 3.00 bits per heavy atom. The molecule has 1 heterocycles. The highest BCUT2D eigenvalue weighted by Crippen LogP contribution is 2.17. The van der Waals surface area contributed by atoms with Gasteiger partial charge in [-0.2, -0.15) is 0 Å². The van der Waals surface area contributed by atoms with Gasteiger partial charge in [0.05, 0.1) is 28.2 Å². The molecule has 92 valence electrons. The van der Waals surface area contributed by atoms with Crippen LogP contribution in [0.5, 0.6) is 0 Å². The van der Waals surface area contributed by atoms with Crippen molar-refractivity contribution in [2.45, 2.75) is 23.8 Å². The second kappa shape index (κ2) is 5.42. The third-order valence-electron chi connectivity index (χ3n) is 2.71. The molecule has 0 aliphatic carbocycles. The third-order valence-corrected chi connectivity index (χ3v) is 4.16. The molecule has 1 fully saturated rings. The topological polar surface area (TPSA) is 63.6 Å². The molecule has 0 saturated carbocycles. The summed E-state index contributed by atoms with van der Waals surface area (Å²) < 4.78 is 17.4. The van der Waals surface area contributed by atoms with Crippen LogP contribution in [0.2, 0.25) is 0 Å². The van der Waals surface area contributed by atoms with Gasteiger partial charge in [-0.25, -0.2) is 4.79 Å². The summed E-state index contributed by atoms with van der Waals surface area (Å²) in [5, 5.41) is 8.85. The van der Waals surface area contributed by atoms with E-state index in [1.54, 1.807) is 12.1 Å². The Morgan fingerprint density at radius 1 is 1.53 bits per heavy atom. The third kappa shape index (κ3) is 3.14. The number of aromatic carboxylic acids is 1. The molecule has 0 spiro atoms. The number of hydrogen-bond donors (Lipinski definition) is 1. The van der Waals surface area contributed by atoms with Crippen molar-refractivity contribution in [2.24, 2.45) is 0 Å². The number of rotatable bonds is 4. The predicted octanol–water partition coefficient (Wildman–Crippen LogP) is 1.67. The molecule has 0 bridgehead atoms. The predicted molar refractivity (Wildman–Crippen MR) is 63.7 cm³/mol. The average Bonchev–Trinajstić information content (AvgIpc) is 2.82. The van der Waals surface area contributed by atoms with Crippen molar-refractivity contribution >= 4 is 16.8 Å². The van der Waals surface area contributed by atoms with E-state index in [9.17, 15) is 9.00 Å². The normalized spacial score (nSPS) is 21.3. The summed E-state index contributed by atoms with van der Waals surface area (Å²) in [5.74, 6) is -0.552. The van der Waals surface area contributed by atoms with Crippen molar-refractivity contribution in [1.82, 2.24) is 0 Å². The zero-order chi connectivity index (χ0) is 12.3. The number of hydrogen-bond acceptors (Lipinski definition) is 3. The Hall–Kier alpha value is -1.20. The van der Waals surface area contributed by atoms with E-state index in [0.29, 0.717) is 10.6 Å². The fraction of sp³-hybridized carbons (Fsp3) is 0.417. The lowest BCUT2D eigenvalue weighted by Crippen LogP contribution is -2.15. The van der Waals surface area contributed by atoms with Crippen molar-refractivity contribution in [3.63, 3.8) is 0 Å². The standard InChI is InChI=1S/C12H14O4S/c13-12(14)9-3-1-5-11(7-9)17(15)8-10-4-2-6-16-10/h1,3,5,7,10H,2,4,6,8H2,(H,13,14). The molecule has 1 aromatic carbocycles. The summed E-state index contributed by atoms with van der Waals surface area (Å²) >= 11 is 0. The molecule has 1 aliphatic heterocycles. The first kappa shape index (κ1) is 12.3. The summed E-state index contributed by atoms with van der Waals surface area (Å²) in [6, 6.07) is 6.27. The van der Waals surface area contributed by atoms with Crippen LogP contribution in [0.25, 0.3) is 0 Å². The van der Waals surface area contributed by atoms with Crippen molar-refractivity contribution in [1.29, 1.82) is 0 Å². The fourth-order valence-corrected chi connectivity index (χ4v) is 3.09. The molecule has 1 N–H and O–H groups in total. The largest absolute Gasteiger partial charge is 0.478 e. The maximum atomic E-state index is 12.0. The minimum absolute atomic E-state index is 0.0457. The smallest absolute Gasteiger partial charge is 0.335 e. The summed E-state index contributed by atoms with van der Waals surface area (Å²) in [4.78, 5) is 11.4. The highest BCUT2D eigenvalue weighted by atomic mass is 32.2. The Morgan fingerprint density at radius 2 is 2.35 bits per heavy atom. The monoisotopic (exact) mass is 254 g/mol. The minimum atomic E-state index is -1.19. The maximum absolute atomic E-state index is 12.0. The van der Waals surface area contributed by atoms with E-state index in [4.69, 9.17) is 9.84 Å². The highest BCUT2D eigenvalue weighted by molar-refractivity contribution is 7.85. The lowest BCUT2D eigenvalue weighted by Gasteiger charge is -2.09. The van der Waals surface area contributed by atoms with Crippen LogP contribution in [-0.4, -0.2) is 33.7 Å². The molecular formula is C12H14O4S. The molecule has 0 radical (unpaired) electrons. The summed E-state index contributed by atoms with van der Waals surface area (Å²) in [5.41, 5.74) is 0.170. The van der Waals surface area contributed by atoms with Crippen LogP contribution in [0, 0.1) is 0 Å². The number of ether oxygens (including phenoxy) is 1. The summed E-state index contributed by atoms with van der Waals surface area (Å²) in [6.07, 6.45) is 1.99. The van der Waals surface area contributed by atoms with Crippen LogP contribution >= 0.6 is 0 Å². The number of carbonyl (C=O) groups is 1. The first-order valence-corrected chi connectivity index (χ1v) is 6.82. The van der Waals surface area contributed by atoms with E-state index in [1.807, 2.05) is 0 Å². The van der Waals surface area contributed by atoms with Crippen molar-refractivity contribution in [2.75, 3.05) is 12.4 Å². The first-order valence-electron chi connectivity index (χ1n) is 5.50. The fourth-order valence-electron chi connectivity index (χ4n) is 1.81. The molecule has 2 unspecified atom stereocenters. The lowest BCUT2D eigenvalue weighted by molar-refractivity contribution is 0.0696. The summed E-state index contributed by atoms with van der Waals surface area (Å²) in [7, 11) is -1.19. The molecule has 2 rings (SSSR count). The van der Waals surface area contributed by atoms with Crippen molar-refractivity contribution in [3.05, 3.63) is 29.8 Å². The minimum Gasteiger partial charge on any atom is -0.478 e. The van der Waals surface area contributed by atoms with Crippen LogP contribution in [-0.2, 0) is 15.5 Å². The Kier molecular flexibility index (Phi) is 3.91. The quantitative estimate of drug-likeness (QED) is 0.887. The molecule has 1 aliphatic rings. The second-order valence-electron chi connectivity index (χ2n) is 3.98. The van der Waals surface area contributed by atoms with E-state index in [-0.39, 0.29) is 11.7 Å². The van der Waals surface area contributed by atoms with Crippen molar-refractivity contribution in [3.8, 4) is 0 Å². The number of carboxylic acid groups (broad SMARTS) is 1. The molecular weight excluding hydrogens is 240 g/mol. The van der Waals surface area contributed by atoms with Gasteiger partial charge < -0.3 is 9.84 Å². The van der Waals surface area contributed by atoms with E-state index >= 15 is 0 Å². The molecule has 0 amide bonds. The molecule has 5 heteroatoms. The summed E-state index contributed by atoms with van der Waals surface area (Å²) in [6.45, 7) is 0.733. The molecule has 17 heavy (non-hydrogen) atoms. The van der Waals surface area contributed by atoms with Gasteiger partial charge in [-0.15, -0.1) is 0 Å². The maximum Gasteiger partial charge on any atom is 0.335 e. The molecule has 2 atom stereocenters. The number of benzene rings is 1. The van der Waals surface area contributed by atoms with Crippen LogP contribution in [0.4, 0.5) is 0 Å². The van der Waals surface area contributed by atoms with Gasteiger partial charge in [0.15, 0.2) is 0 Å². The Balaban J connectivity index is 2.07. The SMILES string of the molecule is O=C(O)c1cccc(S(=O)CC2CCCO2)c1. The van der Waals surface area contributed by atoms with Crippen LogP contribution < -0.4 is 0 Å². The van der Waals surface area contributed by atoms with Crippen molar-refractivity contribution < 1.29 is 18.8 Å². The van der Waals surface area contributed by atoms with E-state index in [2.05, 4.69) is 0 Å². The van der Waals surface area contributed by atoms with Gasteiger partial charge >= 0.3 is 5.97 Å². The van der Waals surface area contributed by atoms with Gasteiger partial charge in [0.1, 0.15) is 0 Å². The van der Waals surface area contributed by atoms with E-state index in [1.165, 1.54) is 12.1 Å². The van der Waals surface area contributed by atoms with E-state index < -0.39 is 16.8 Å². The molecule has 1 saturated heterocycles. The molecule has 0 aromatic heterocycles. The average molecular weight is 254 g/mol. The van der Waals surface area contributed by atoms with E-state index in [0.717, 1.165) is 19.4 Å². The van der Waals surface area contributed by atoms with Crippen LogP contribution in [0.15, 0.2) is 29.2 Å². The van der Waals surface area contributed by atoms with Crippen LogP contribution in [0.1, 0.15) is 23.2 Å². The lowest BCUT2D eigenvalue weighted by atomic mass is 10.2. The van der Waals surface area contributed by atoms with Gasteiger partial charge in [-0.05, 0) is 31.0 Å². The Bertz CT molecular complexity index is 438. The molecule has 1 aromatic rings. The molecule has 4 nitrogen and oxygen atoms in total. The first-order chi connectivity index (χ1) is 8.16. The zero-order valence-electron chi connectivity index (χ0n) is 9.30. The van der Waals surface area contributed by atoms with Gasteiger partial charge in [0, 0.05) is 11.5 Å². The highest BCUT2D eigenvalue weighted by Gasteiger charge is 2.19. The van der Waals surface area contributed by atoms with Crippen LogP contribution in [0.3, 0.4) is 0 Å².